The Kier molecular flexibility index (Phi) is 6.56. The highest BCUT2D eigenvalue weighted by atomic mass is 35.5. The van der Waals surface area contributed by atoms with Crippen LogP contribution >= 0.6 is 11.6 Å². The maximum atomic E-state index is 12.2. The quantitative estimate of drug-likeness (QED) is 0.674. The molecule has 138 valence electrons. The minimum absolute atomic E-state index is 0.0342. The summed E-state index contributed by atoms with van der Waals surface area (Å²) in [6.45, 7) is 2.56. The molecule has 0 aliphatic heterocycles. The van der Waals surface area contributed by atoms with E-state index in [-0.39, 0.29) is 11.9 Å². The molecule has 0 fully saturated rings. The van der Waals surface area contributed by atoms with E-state index in [1.54, 1.807) is 12.1 Å². The van der Waals surface area contributed by atoms with E-state index in [1.807, 2.05) is 19.1 Å². The van der Waals surface area contributed by atoms with Gasteiger partial charge in [-0.05, 0) is 80.0 Å². The Morgan fingerprint density at radius 2 is 1.85 bits per heavy atom. The molecule has 1 N–H and O–H groups in total. The fraction of sp³-hybridized carbons (Fsp3) is 0.409. The van der Waals surface area contributed by atoms with Crippen LogP contribution in [0, 0.1) is 0 Å². The highest BCUT2D eigenvalue weighted by Crippen LogP contribution is 2.24. The molecule has 4 heteroatoms. The van der Waals surface area contributed by atoms with Crippen molar-refractivity contribution in [2.75, 3.05) is 6.61 Å². The molecular formula is C22H26ClNO2. The topological polar surface area (TPSA) is 38.3 Å². The molecule has 1 amide bonds. The average molecular weight is 372 g/mol. The molecule has 26 heavy (non-hydrogen) atoms. The lowest BCUT2D eigenvalue weighted by atomic mass is 9.89. The summed E-state index contributed by atoms with van der Waals surface area (Å²) < 4.78 is 5.62. The lowest BCUT2D eigenvalue weighted by molar-refractivity contribution is -0.121. The van der Waals surface area contributed by atoms with Crippen LogP contribution in [0.3, 0.4) is 0 Å². The zero-order valence-corrected chi connectivity index (χ0v) is 16.0. The first-order valence-corrected chi connectivity index (χ1v) is 9.79. The number of aryl methyl sites for hydroxylation is 2. The Bertz CT molecular complexity index is 742. The lowest BCUT2D eigenvalue weighted by Gasteiger charge is -2.20. The molecule has 0 spiro atoms. The third-order valence-corrected chi connectivity index (χ3v) is 5.13. The fourth-order valence-electron chi connectivity index (χ4n) is 3.37. The molecule has 0 saturated carbocycles. The summed E-state index contributed by atoms with van der Waals surface area (Å²) in [6, 6.07) is 13.9. The summed E-state index contributed by atoms with van der Waals surface area (Å²) in [6.07, 6.45) is 6.05. The summed E-state index contributed by atoms with van der Waals surface area (Å²) in [7, 11) is 0. The SMILES string of the molecule is C[C@H](NC(=O)CCCOc1ccc(Cl)cc1)c1ccc2c(c1)CCCC2. The number of ether oxygens (including phenoxy) is 1. The van der Waals surface area contributed by atoms with Gasteiger partial charge in [-0.15, -0.1) is 0 Å². The van der Waals surface area contributed by atoms with Crippen molar-refractivity contribution in [3.8, 4) is 5.75 Å². The maximum Gasteiger partial charge on any atom is 0.220 e. The van der Waals surface area contributed by atoms with Gasteiger partial charge in [-0.3, -0.25) is 4.79 Å². The van der Waals surface area contributed by atoms with Gasteiger partial charge in [-0.1, -0.05) is 29.8 Å². The van der Waals surface area contributed by atoms with Crippen molar-refractivity contribution in [1.29, 1.82) is 0 Å². The van der Waals surface area contributed by atoms with Gasteiger partial charge in [0, 0.05) is 11.4 Å². The van der Waals surface area contributed by atoms with Crippen molar-refractivity contribution in [3.05, 3.63) is 64.2 Å². The van der Waals surface area contributed by atoms with Gasteiger partial charge in [0.05, 0.1) is 12.6 Å². The number of carbonyl (C=O) groups is 1. The Labute approximate surface area is 160 Å². The number of fused-ring (bicyclic) bond motifs is 1. The van der Waals surface area contributed by atoms with Crippen LogP contribution in [0.25, 0.3) is 0 Å². The molecule has 1 atom stereocenters. The Balaban J connectivity index is 1.42. The van der Waals surface area contributed by atoms with Crippen LogP contribution in [-0.2, 0) is 17.6 Å². The third kappa shape index (κ3) is 5.25. The number of halogens is 1. The molecule has 0 heterocycles. The average Bonchev–Trinajstić information content (AvgIpc) is 2.66. The second-order valence-corrected chi connectivity index (χ2v) is 7.37. The third-order valence-electron chi connectivity index (χ3n) is 4.88. The molecule has 3 nitrogen and oxygen atoms in total. The molecule has 1 aliphatic carbocycles. The molecule has 2 aromatic rings. The minimum atomic E-state index is 0.0342. The van der Waals surface area contributed by atoms with Crippen LogP contribution in [0.15, 0.2) is 42.5 Å². The number of hydrogen-bond acceptors (Lipinski definition) is 2. The Hall–Kier alpha value is -2.00. The van der Waals surface area contributed by atoms with Crippen LogP contribution in [0.1, 0.15) is 55.3 Å². The predicted octanol–water partition coefficient (Wildman–Crippen LogP) is 5.26. The summed E-state index contributed by atoms with van der Waals surface area (Å²) in [5.74, 6) is 0.840. The van der Waals surface area contributed by atoms with Gasteiger partial charge < -0.3 is 10.1 Å². The zero-order valence-electron chi connectivity index (χ0n) is 15.3. The van der Waals surface area contributed by atoms with Gasteiger partial charge in [0.25, 0.3) is 0 Å². The van der Waals surface area contributed by atoms with Crippen molar-refractivity contribution in [3.63, 3.8) is 0 Å². The van der Waals surface area contributed by atoms with Gasteiger partial charge in [0.1, 0.15) is 5.75 Å². The maximum absolute atomic E-state index is 12.2. The standard InChI is InChI=1S/C22H26ClNO2/c1-16(18-9-8-17-5-2-3-6-19(17)15-18)24-22(25)7-4-14-26-21-12-10-20(23)11-13-21/h8-13,15-16H,2-7,14H2,1H3,(H,24,25)/t16-/m0/s1. The highest BCUT2D eigenvalue weighted by Gasteiger charge is 2.14. The van der Waals surface area contributed by atoms with E-state index in [9.17, 15) is 4.79 Å². The number of hydrogen-bond donors (Lipinski definition) is 1. The van der Waals surface area contributed by atoms with Crippen LogP contribution in [0.2, 0.25) is 5.02 Å². The van der Waals surface area contributed by atoms with Gasteiger partial charge in [-0.2, -0.15) is 0 Å². The van der Waals surface area contributed by atoms with Crippen LogP contribution in [0.4, 0.5) is 0 Å². The summed E-state index contributed by atoms with van der Waals surface area (Å²) >= 11 is 5.84. The molecule has 1 aliphatic rings. The van der Waals surface area contributed by atoms with E-state index in [4.69, 9.17) is 16.3 Å². The summed E-state index contributed by atoms with van der Waals surface area (Å²) in [5, 5.41) is 3.79. The Morgan fingerprint density at radius 3 is 2.62 bits per heavy atom. The van der Waals surface area contributed by atoms with Gasteiger partial charge >= 0.3 is 0 Å². The van der Waals surface area contributed by atoms with Crippen molar-refractivity contribution in [2.45, 2.75) is 51.5 Å². The van der Waals surface area contributed by atoms with E-state index in [1.165, 1.54) is 36.0 Å². The molecular weight excluding hydrogens is 346 g/mol. The van der Waals surface area contributed by atoms with E-state index >= 15 is 0 Å². The number of nitrogens with one attached hydrogen (secondary N) is 1. The Morgan fingerprint density at radius 1 is 1.12 bits per heavy atom. The first-order chi connectivity index (χ1) is 12.6. The van der Waals surface area contributed by atoms with E-state index in [0.29, 0.717) is 24.5 Å². The second-order valence-electron chi connectivity index (χ2n) is 6.93. The normalized spacial score (nSPS) is 14.4. The fourth-order valence-corrected chi connectivity index (χ4v) is 3.50. The minimum Gasteiger partial charge on any atom is -0.494 e. The van der Waals surface area contributed by atoms with Crippen LogP contribution in [0.5, 0.6) is 5.75 Å². The predicted molar refractivity (Wildman–Crippen MR) is 106 cm³/mol. The number of benzene rings is 2. The molecule has 0 radical (unpaired) electrons. The highest BCUT2D eigenvalue weighted by molar-refractivity contribution is 6.30. The zero-order chi connectivity index (χ0) is 18.4. The first kappa shape index (κ1) is 18.8. The van der Waals surface area contributed by atoms with Crippen molar-refractivity contribution >= 4 is 17.5 Å². The summed E-state index contributed by atoms with van der Waals surface area (Å²) in [5.41, 5.74) is 4.11. The van der Waals surface area contributed by atoms with Gasteiger partial charge in [-0.25, -0.2) is 0 Å². The van der Waals surface area contributed by atoms with E-state index in [0.717, 1.165) is 12.2 Å². The largest absolute Gasteiger partial charge is 0.494 e. The second kappa shape index (κ2) is 9.09. The van der Waals surface area contributed by atoms with E-state index in [2.05, 4.69) is 23.5 Å². The van der Waals surface area contributed by atoms with E-state index < -0.39 is 0 Å². The van der Waals surface area contributed by atoms with Crippen LogP contribution in [-0.4, -0.2) is 12.5 Å². The summed E-state index contributed by atoms with van der Waals surface area (Å²) in [4.78, 5) is 12.2. The molecule has 0 aromatic heterocycles. The number of rotatable bonds is 7. The molecule has 0 bridgehead atoms. The molecule has 0 unspecified atom stereocenters. The molecule has 3 rings (SSSR count). The number of carbonyl (C=O) groups excluding carboxylic acids is 1. The van der Waals surface area contributed by atoms with Crippen molar-refractivity contribution < 1.29 is 9.53 Å². The lowest BCUT2D eigenvalue weighted by Crippen LogP contribution is -2.27. The molecule has 0 saturated heterocycles. The van der Waals surface area contributed by atoms with Gasteiger partial charge in [0.2, 0.25) is 5.91 Å². The monoisotopic (exact) mass is 371 g/mol. The smallest absolute Gasteiger partial charge is 0.220 e. The van der Waals surface area contributed by atoms with Crippen molar-refractivity contribution in [1.82, 2.24) is 5.32 Å². The first-order valence-electron chi connectivity index (χ1n) is 9.41. The number of amides is 1. The molecule has 2 aromatic carbocycles. The van der Waals surface area contributed by atoms with Gasteiger partial charge in [0.15, 0.2) is 0 Å². The van der Waals surface area contributed by atoms with Crippen LogP contribution < -0.4 is 10.1 Å². The van der Waals surface area contributed by atoms with Crippen molar-refractivity contribution in [2.24, 2.45) is 0 Å².